The lowest BCUT2D eigenvalue weighted by Gasteiger charge is -2.36. The summed E-state index contributed by atoms with van der Waals surface area (Å²) >= 11 is 3.75. The van der Waals surface area contributed by atoms with Gasteiger partial charge in [0.25, 0.3) is 0 Å². The monoisotopic (exact) mass is 651 g/mol. The number of nitrogens with zero attached hydrogens (tertiary/aromatic N) is 7. The van der Waals surface area contributed by atoms with E-state index < -0.39 is 5.60 Å². The number of anilines is 1. The van der Waals surface area contributed by atoms with Crippen LogP contribution >= 0.6 is 15.9 Å². The molecule has 1 aliphatic heterocycles. The van der Waals surface area contributed by atoms with Gasteiger partial charge < -0.3 is 24.9 Å². The molecule has 1 aliphatic rings. The fraction of sp³-hybridized carbons (Fsp3) is 0.484. The molecule has 3 aromatic heterocycles. The minimum absolute atomic E-state index is 0.194. The number of aromatic nitrogens is 5. The number of rotatable bonds is 11. The van der Waals surface area contributed by atoms with E-state index in [1.807, 2.05) is 46.5 Å². The fourth-order valence-corrected chi connectivity index (χ4v) is 5.91. The third kappa shape index (κ3) is 7.99. The largest absolute Gasteiger partial charge is 0.460 e. The number of aryl methyl sites for hydroxylation is 1. The van der Waals surface area contributed by atoms with Crippen molar-refractivity contribution < 1.29 is 9.53 Å². The Labute approximate surface area is 261 Å². The van der Waals surface area contributed by atoms with Crippen molar-refractivity contribution in [2.75, 3.05) is 50.7 Å². The van der Waals surface area contributed by atoms with Crippen LogP contribution in [0.3, 0.4) is 0 Å². The van der Waals surface area contributed by atoms with E-state index in [0.29, 0.717) is 32.6 Å². The first kappa shape index (κ1) is 31.1. The number of hydrogen-bond acceptors (Lipinski definition) is 9. The lowest BCUT2D eigenvalue weighted by molar-refractivity contribution is -0.155. The number of pyridine rings is 1. The van der Waals surface area contributed by atoms with Gasteiger partial charge in [-0.15, -0.1) is 0 Å². The Morgan fingerprint density at radius 1 is 1.12 bits per heavy atom. The third-order valence-electron chi connectivity index (χ3n) is 7.56. The normalized spacial score (nSPS) is 14.6. The van der Waals surface area contributed by atoms with Crippen molar-refractivity contribution in [2.24, 2.45) is 12.8 Å². The molecule has 4 heterocycles. The van der Waals surface area contributed by atoms with Crippen LogP contribution in [-0.4, -0.2) is 91.7 Å². The molecule has 0 saturated carbocycles. The quantitative estimate of drug-likeness (QED) is 0.232. The number of carbonyl (C=O) groups is 1. The van der Waals surface area contributed by atoms with E-state index in [-0.39, 0.29) is 5.97 Å². The maximum atomic E-state index is 12.2. The first-order valence-electron chi connectivity index (χ1n) is 14.8. The molecule has 12 heteroatoms. The molecule has 0 unspecified atom stereocenters. The smallest absolute Gasteiger partial charge is 0.307 e. The number of piperazine rings is 1. The van der Waals surface area contributed by atoms with Crippen molar-refractivity contribution in [3.8, 4) is 11.4 Å². The number of hydrogen-bond donors (Lipinski definition) is 2. The molecular formula is C31H42BrN9O2. The van der Waals surface area contributed by atoms with Crippen LogP contribution in [0.1, 0.15) is 38.4 Å². The highest BCUT2D eigenvalue weighted by atomic mass is 79.9. The number of esters is 1. The molecule has 0 bridgehead atoms. The van der Waals surface area contributed by atoms with Gasteiger partial charge in [0.2, 0.25) is 0 Å². The van der Waals surface area contributed by atoms with Crippen LogP contribution in [0.4, 0.5) is 5.69 Å². The molecule has 3 N–H and O–H groups in total. The van der Waals surface area contributed by atoms with Crippen LogP contribution in [0.2, 0.25) is 0 Å². The highest BCUT2D eigenvalue weighted by Gasteiger charge is 2.24. The summed E-state index contributed by atoms with van der Waals surface area (Å²) in [6, 6.07) is 8.36. The van der Waals surface area contributed by atoms with Crippen LogP contribution in [0, 0.1) is 0 Å². The Morgan fingerprint density at radius 3 is 2.51 bits per heavy atom. The molecule has 4 aromatic rings. The second-order valence-electron chi connectivity index (χ2n) is 12.1. The average molecular weight is 653 g/mol. The van der Waals surface area contributed by atoms with Crippen LogP contribution in [0.15, 0.2) is 47.5 Å². The SMILES string of the molecule is Cn1cncc1CN1CCN(c2c(Br)cnc3[nH]c(-c4ccc(CN(CCN)CCC(=O)OC(C)(C)C)cc4)nc23)CC1. The predicted octanol–water partition coefficient (Wildman–Crippen LogP) is 3.94. The number of benzene rings is 1. The van der Waals surface area contributed by atoms with Crippen molar-refractivity contribution in [1.29, 1.82) is 0 Å². The van der Waals surface area contributed by atoms with Gasteiger partial charge in [-0.05, 0) is 42.3 Å². The molecule has 1 aromatic carbocycles. The maximum Gasteiger partial charge on any atom is 0.307 e. The average Bonchev–Trinajstić information content (AvgIpc) is 3.58. The highest BCUT2D eigenvalue weighted by molar-refractivity contribution is 9.10. The summed E-state index contributed by atoms with van der Waals surface area (Å²) in [7, 11) is 2.04. The number of fused-ring (bicyclic) bond motifs is 1. The second kappa shape index (κ2) is 13.5. The van der Waals surface area contributed by atoms with Gasteiger partial charge in [0.15, 0.2) is 5.65 Å². The molecule has 1 fully saturated rings. The molecule has 0 atom stereocenters. The predicted molar refractivity (Wildman–Crippen MR) is 173 cm³/mol. The number of aromatic amines is 1. The Morgan fingerprint density at radius 2 is 1.86 bits per heavy atom. The van der Waals surface area contributed by atoms with Crippen LogP contribution in [-0.2, 0) is 29.7 Å². The number of ether oxygens (including phenoxy) is 1. The zero-order chi connectivity index (χ0) is 30.6. The van der Waals surface area contributed by atoms with Gasteiger partial charge in [-0.2, -0.15) is 0 Å². The van der Waals surface area contributed by atoms with E-state index in [9.17, 15) is 4.79 Å². The summed E-state index contributed by atoms with van der Waals surface area (Å²) in [6.45, 7) is 12.8. The van der Waals surface area contributed by atoms with Crippen molar-refractivity contribution in [3.05, 3.63) is 58.7 Å². The van der Waals surface area contributed by atoms with E-state index in [4.69, 9.17) is 15.5 Å². The zero-order valence-electron chi connectivity index (χ0n) is 25.5. The summed E-state index contributed by atoms with van der Waals surface area (Å²) in [5, 5.41) is 0. The molecule has 0 spiro atoms. The maximum absolute atomic E-state index is 12.2. The van der Waals surface area contributed by atoms with Crippen molar-refractivity contribution in [3.63, 3.8) is 0 Å². The third-order valence-corrected chi connectivity index (χ3v) is 8.14. The van der Waals surface area contributed by atoms with Crippen molar-refractivity contribution in [1.82, 2.24) is 34.3 Å². The second-order valence-corrected chi connectivity index (χ2v) is 12.9. The Balaban J connectivity index is 1.25. The van der Waals surface area contributed by atoms with E-state index in [2.05, 4.69) is 74.4 Å². The number of halogens is 1. The van der Waals surface area contributed by atoms with E-state index >= 15 is 0 Å². The fourth-order valence-electron chi connectivity index (χ4n) is 5.37. The standard InChI is InChI=1S/C31H42BrN9O2/c1-31(2,3)43-26(42)9-11-39(12-10-33)19-22-5-7-23(8-6-22)29-36-27-28(25(32)18-35-30(27)37-29)41-15-13-40(14-16-41)20-24-17-34-21-38(24)4/h5-8,17-18,21H,9-16,19-20,33H2,1-4H3,(H,35,36,37). The van der Waals surface area contributed by atoms with Gasteiger partial charge in [0, 0.05) is 83.9 Å². The molecule has 230 valence electrons. The van der Waals surface area contributed by atoms with Gasteiger partial charge in [-0.3, -0.25) is 14.6 Å². The summed E-state index contributed by atoms with van der Waals surface area (Å²) in [6.07, 6.45) is 5.98. The number of nitrogens with two attached hydrogens (primary N) is 1. The van der Waals surface area contributed by atoms with Crippen molar-refractivity contribution >= 4 is 38.8 Å². The Bertz CT molecular complexity index is 1520. The number of carbonyl (C=O) groups excluding carboxylic acids is 1. The number of nitrogens with one attached hydrogen (secondary N) is 1. The van der Waals surface area contributed by atoms with Crippen LogP contribution < -0.4 is 10.6 Å². The van der Waals surface area contributed by atoms with Crippen LogP contribution in [0.25, 0.3) is 22.6 Å². The van der Waals surface area contributed by atoms with E-state index in [0.717, 1.165) is 71.0 Å². The summed E-state index contributed by atoms with van der Waals surface area (Å²) < 4.78 is 8.49. The minimum Gasteiger partial charge on any atom is -0.460 e. The minimum atomic E-state index is -0.482. The van der Waals surface area contributed by atoms with Crippen molar-refractivity contribution in [2.45, 2.75) is 45.9 Å². The summed E-state index contributed by atoms with van der Waals surface area (Å²) in [4.78, 5) is 36.6. The first-order chi connectivity index (χ1) is 20.6. The first-order valence-corrected chi connectivity index (χ1v) is 15.6. The number of imidazole rings is 2. The molecular weight excluding hydrogens is 610 g/mol. The van der Waals surface area contributed by atoms with Gasteiger partial charge in [-0.25, -0.2) is 15.0 Å². The molecule has 1 saturated heterocycles. The summed E-state index contributed by atoms with van der Waals surface area (Å²) in [5.41, 5.74) is 11.4. The molecule has 0 aliphatic carbocycles. The topological polar surface area (TPSA) is 121 Å². The van der Waals surface area contributed by atoms with Gasteiger partial charge in [0.1, 0.15) is 16.9 Å². The molecule has 43 heavy (non-hydrogen) atoms. The molecule has 5 rings (SSSR count). The van der Waals surface area contributed by atoms with Gasteiger partial charge in [-0.1, -0.05) is 24.3 Å². The van der Waals surface area contributed by atoms with Gasteiger partial charge in [0.05, 0.1) is 28.6 Å². The Hall–Kier alpha value is -3.32. The molecule has 11 nitrogen and oxygen atoms in total. The summed E-state index contributed by atoms with van der Waals surface area (Å²) in [5.74, 6) is 0.591. The lowest BCUT2D eigenvalue weighted by atomic mass is 10.1. The molecule has 0 radical (unpaired) electrons. The number of H-pyrrole nitrogens is 1. The zero-order valence-corrected chi connectivity index (χ0v) is 27.1. The highest BCUT2D eigenvalue weighted by Crippen LogP contribution is 2.34. The Kier molecular flexibility index (Phi) is 9.80. The lowest BCUT2D eigenvalue weighted by Crippen LogP contribution is -2.46. The molecule has 0 amide bonds. The van der Waals surface area contributed by atoms with E-state index in [1.54, 1.807) is 0 Å². The van der Waals surface area contributed by atoms with Crippen LogP contribution in [0.5, 0.6) is 0 Å². The van der Waals surface area contributed by atoms with E-state index in [1.165, 1.54) is 5.69 Å². The van der Waals surface area contributed by atoms with Gasteiger partial charge >= 0.3 is 5.97 Å².